The minimum absolute atomic E-state index is 0.0675. The number of ketones is 1. The maximum atomic E-state index is 12.1. The molecule has 1 N–H and O–H groups in total. The van der Waals surface area contributed by atoms with Gasteiger partial charge in [0, 0.05) is 26.9 Å². The molecule has 5 nitrogen and oxygen atoms in total. The first kappa shape index (κ1) is 14.1. The van der Waals surface area contributed by atoms with Gasteiger partial charge in [0.25, 0.3) is 0 Å². The van der Waals surface area contributed by atoms with Gasteiger partial charge in [0.1, 0.15) is 12.4 Å². The number of hydrogen-bond acceptors (Lipinski definition) is 4. The van der Waals surface area contributed by atoms with E-state index in [-0.39, 0.29) is 5.78 Å². The lowest BCUT2D eigenvalue weighted by Gasteiger charge is -2.29. The molecule has 0 radical (unpaired) electrons. The van der Waals surface area contributed by atoms with E-state index in [1.54, 1.807) is 22.9 Å². The van der Waals surface area contributed by atoms with Gasteiger partial charge >= 0.3 is 0 Å². The zero-order chi connectivity index (χ0) is 15.1. The first-order chi connectivity index (χ1) is 10.0. The molecule has 1 unspecified atom stereocenters. The van der Waals surface area contributed by atoms with Gasteiger partial charge in [-0.05, 0) is 26.0 Å². The van der Waals surface area contributed by atoms with E-state index in [9.17, 15) is 4.79 Å². The highest BCUT2D eigenvalue weighted by molar-refractivity contribution is 6.36. The van der Waals surface area contributed by atoms with Gasteiger partial charge in [0.15, 0.2) is 5.78 Å². The molecular weight excluding hydrogens is 311 g/mol. The number of allylic oxidation sites excluding steroid dienone is 2. The number of fused-ring (bicyclic) bond motifs is 1. The Morgan fingerprint density at radius 3 is 2.62 bits per heavy atom. The molecule has 2 aromatic rings. The minimum atomic E-state index is -0.484. The Balaban J connectivity index is 2.30. The number of nitrogens with one attached hydrogen (secondary N) is 1. The molecular formula is C14H12Cl2N4O. The van der Waals surface area contributed by atoms with Crippen molar-refractivity contribution >= 4 is 34.9 Å². The highest BCUT2D eigenvalue weighted by Crippen LogP contribution is 2.41. The van der Waals surface area contributed by atoms with E-state index in [1.807, 2.05) is 6.92 Å². The van der Waals surface area contributed by atoms with Crippen molar-refractivity contribution in [2.24, 2.45) is 0 Å². The molecule has 2 heterocycles. The number of anilines is 1. The van der Waals surface area contributed by atoms with Crippen molar-refractivity contribution in [2.45, 2.75) is 19.9 Å². The number of halogens is 2. The highest BCUT2D eigenvalue weighted by atomic mass is 35.5. The molecule has 0 saturated heterocycles. The van der Waals surface area contributed by atoms with Crippen LogP contribution in [-0.2, 0) is 4.79 Å². The van der Waals surface area contributed by atoms with Crippen LogP contribution in [0.2, 0.25) is 10.0 Å². The zero-order valence-corrected chi connectivity index (χ0v) is 12.9. The van der Waals surface area contributed by atoms with Crippen LogP contribution >= 0.6 is 23.2 Å². The smallest absolute Gasteiger partial charge is 0.226 e. The van der Waals surface area contributed by atoms with E-state index < -0.39 is 6.04 Å². The summed E-state index contributed by atoms with van der Waals surface area (Å²) in [6.07, 6.45) is 1.43. The Morgan fingerprint density at radius 1 is 1.33 bits per heavy atom. The van der Waals surface area contributed by atoms with Gasteiger partial charge in [-0.3, -0.25) is 4.79 Å². The fraction of sp³-hybridized carbons (Fsp3) is 0.214. The monoisotopic (exact) mass is 322 g/mol. The lowest BCUT2D eigenvalue weighted by atomic mass is 9.93. The van der Waals surface area contributed by atoms with Crippen LogP contribution in [0.25, 0.3) is 0 Å². The number of Topliss-reactive ketones (excluding diaryl/α,β-unsaturated/α-hetero) is 1. The van der Waals surface area contributed by atoms with Crippen molar-refractivity contribution in [2.75, 3.05) is 5.32 Å². The summed E-state index contributed by atoms with van der Waals surface area (Å²) in [4.78, 5) is 16.2. The highest BCUT2D eigenvalue weighted by Gasteiger charge is 2.34. The molecule has 108 valence electrons. The van der Waals surface area contributed by atoms with Gasteiger partial charge in [-0.2, -0.15) is 10.1 Å². The number of aromatic nitrogens is 3. The maximum absolute atomic E-state index is 12.1. The molecule has 0 spiro atoms. The molecule has 0 aliphatic carbocycles. The largest absolute Gasteiger partial charge is 0.328 e. The van der Waals surface area contributed by atoms with Crippen LogP contribution in [0.15, 0.2) is 35.8 Å². The first-order valence-electron chi connectivity index (χ1n) is 6.33. The number of rotatable bonds is 2. The van der Waals surface area contributed by atoms with Gasteiger partial charge in [0.05, 0.1) is 0 Å². The average Bonchev–Trinajstić information content (AvgIpc) is 2.85. The Morgan fingerprint density at radius 2 is 2.00 bits per heavy atom. The van der Waals surface area contributed by atoms with E-state index in [1.165, 1.54) is 13.3 Å². The molecule has 0 amide bonds. The summed E-state index contributed by atoms with van der Waals surface area (Å²) >= 11 is 12.6. The summed E-state index contributed by atoms with van der Waals surface area (Å²) < 4.78 is 1.62. The van der Waals surface area contributed by atoms with Crippen LogP contribution in [0.1, 0.15) is 25.5 Å². The first-order valence-corrected chi connectivity index (χ1v) is 7.08. The maximum Gasteiger partial charge on any atom is 0.226 e. The zero-order valence-electron chi connectivity index (χ0n) is 11.4. The van der Waals surface area contributed by atoms with Gasteiger partial charge < -0.3 is 5.32 Å². The molecule has 3 rings (SSSR count). The third-order valence-corrected chi connectivity index (χ3v) is 4.11. The van der Waals surface area contributed by atoms with Gasteiger partial charge in [-0.25, -0.2) is 4.68 Å². The normalized spacial score (nSPS) is 17.4. The predicted molar refractivity (Wildman–Crippen MR) is 81.6 cm³/mol. The Bertz CT molecular complexity index is 746. The summed E-state index contributed by atoms with van der Waals surface area (Å²) in [6.45, 7) is 3.34. The Kier molecular flexibility index (Phi) is 3.47. The fourth-order valence-corrected chi connectivity index (χ4v) is 3.19. The van der Waals surface area contributed by atoms with E-state index in [0.717, 1.165) is 5.70 Å². The second-order valence-electron chi connectivity index (χ2n) is 4.79. The van der Waals surface area contributed by atoms with E-state index in [2.05, 4.69) is 15.4 Å². The number of hydrogen-bond donors (Lipinski definition) is 1. The van der Waals surface area contributed by atoms with Crippen LogP contribution in [0.5, 0.6) is 0 Å². The molecule has 21 heavy (non-hydrogen) atoms. The van der Waals surface area contributed by atoms with Crippen LogP contribution in [-0.4, -0.2) is 20.5 Å². The standard InChI is InChI=1S/C14H12Cl2N4O/c1-7-11(8(2)21)13(20-14(19-7)17-6-18-20)12-9(15)4-3-5-10(12)16/h3-6,13H,1-2H3,(H,17,18,19). The van der Waals surface area contributed by atoms with Gasteiger partial charge in [-0.1, -0.05) is 29.3 Å². The van der Waals surface area contributed by atoms with Crippen molar-refractivity contribution < 1.29 is 4.79 Å². The summed E-state index contributed by atoms with van der Waals surface area (Å²) in [5.41, 5.74) is 1.95. The van der Waals surface area contributed by atoms with E-state index in [0.29, 0.717) is 27.1 Å². The molecule has 0 fully saturated rings. The topological polar surface area (TPSA) is 59.8 Å². The van der Waals surface area contributed by atoms with Gasteiger partial charge in [0.2, 0.25) is 5.95 Å². The lowest BCUT2D eigenvalue weighted by molar-refractivity contribution is -0.114. The Hall–Kier alpha value is -1.85. The molecule has 1 atom stereocenters. The quantitative estimate of drug-likeness (QED) is 0.919. The van der Waals surface area contributed by atoms with E-state index >= 15 is 0 Å². The molecule has 0 saturated carbocycles. The third-order valence-electron chi connectivity index (χ3n) is 3.45. The van der Waals surface area contributed by atoms with Crippen molar-refractivity contribution in [3.8, 4) is 0 Å². The number of carbonyl (C=O) groups excluding carboxylic acids is 1. The molecule has 0 bridgehead atoms. The van der Waals surface area contributed by atoms with Crippen molar-refractivity contribution in [3.63, 3.8) is 0 Å². The molecule has 7 heteroatoms. The van der Waals surface area contributed by atoms with Crippen LogP contribution in [0.3, 0.4) is 0 Å². The summed E-state index contributed by atoms with van der Waals surface area (Å²) in [5, 5.41) is 8.25. The number of carbonyl (C=O) groups is 1. The molecule has 1 aromatic carbocycles. The van der Waals surface area contributed by atoms with Crippen LogP contribution < -0.4 is 5.32 Å². The van der Waals surface area contributed by atoms with Crippen molar-refractivity contribution in [3.05, 3.63) is 51.4 Å². The number of benzene rings is 1. The second-order valence-corrected chi connectivity index (χ2v) is 5.60. The van der Waals surface area contributed by atoms with Gasteiger partial charge in [-0.15, -0.1) is 0 Å². The lowest BCUT2D eigenvalue weighted by Crippen LogP contribution is -2.28. The molecule has 1 aliphatic heterocycles. The van der Waals surface area contributed by atoms with E-state index in [4.69, 9.17) is 23.2 Å². The predicted octanol–water partition coefficient (Wildman–Crippen LogP) is 3.46. The summed E-state index contributed by atoms with van der Waals surface area (Å²) in [5.74, 6) is 0.487. The third kappa shape index (κ3) is 2.22. The van der Waals surface area contributed by atoms with Crippen molar-refractivity contribution in [1.82, 2.24) is 14.8 Å². The average molecular weight is 323 g/mol. The summed E-state index contributed by atoms with van der Waals surface area (Å²) in [6, 6.07) is 4.77. The molecule has 1 aliphatic rings. The SMILES string of the molecule is CC(=O)C1=C(C)Nc2ncnn2C1c1c(Cl)cccc1Cl. The van der Waals surface area contributed by atoms with Crippen LogP contribution in [0.4, 0.5) is 5.95 Å². The van der Waals surface area contributed by atoms with Crippen molar-refractivity contribution in [1.29, 1.82) is 0 Å². The molecule has 1 aromatic heterocycles. The summed E-state index contributed by atoms with van der Waals surface area (Å²) in [7, 11) is 0. The second kappa shape index (κ2) is 5.16. The fourth-order valence-electron chi connectivity index (χ4n) is 2.59. The number of nitrogens with zero attached hydrogens (tertiary/aromatic N) is 3. The Labute approximate surface area is 131 Å². The van der Waals surface area contributed by atoms with Crippen LogP contribution in [0, 0.1) is 0 Å². The minimum Gasteiger partial charge on any atom is -0.328 e.